The number of halogens is 1. The second-order valence-corrected chi connectivity index (χ2v) is 9.73. The largest absolute Gasteiger partial charge is 0.396 e. The molecule has 0 fully saturated rings. The van der Waals surface area contributed by atoms with E-state index in [1.54, 1.807) is 16.8 Å². The van der Waals surface area contributed by atoms with Crippen LogP contribution in [0.5, 0.6) is 0 Å². The van der Waals surface area contributed by atoms with Crippen molar-refractivity contribution >= 4 is 10.9 Å². The summed E-state index contributed by atoms with van der Waals surface area (Å²) in [5, 5.41) is 23.1. The highest BCUT2D eigenvalue weighted by molar-refractivity contribution is 5.82. The Morgan fingerprint density at radius 2 is 1.89 bits per heavy atom. The van der Waals surface area contributed by atoms with E-state index in [0.717, 1.165) is 27.6 Å². The third kappa shape index (κ3) is 5.68. The Morgan fingerprint density at radius 1 is 1.14 bits per heavy atom. The number of nitrogens with one attached hydrogen (secondary N) is 1. The number of fused-ring (bicyclic) bond motifs is 1. The summed E-state index contributed by atoms with van der Waals surface area (Å²) in [5.41, 5.74) is 4.41. The van der Waals surface area contributed by atoms with Gasteiger partial charge in [-0.2, -0.15) is 0 Å². The summed E-state index contributed by atoms with van der Waals surface area (Å²) in [4.78, 5) is 18.3. The van der Waals surface area contributed by atoms with E-state index in [4.69, 9.17) is 0 Å². The van der Waals surface area contributed by atoms with Crippen molar-refractivity contribution in [2.45, 2.75) is 53.2 Å². The number of rotatable bonds is 10. The van der Waals surface area contributed by atoms with Gasteiger partial charge in [0, 0.05) is 25.3 Å². The number of hydrogen-bond donors (Lipinski definition) is 2. The van der Waals surface area contributed by atoms with Crippen molar-refractivity contribution in [1.82, 2.24) is 30.1 Å². The Morgan fingerprint density at radius 3 is 2.58 bits per heavy atom. The number of tetrazole rings is 1. The van der Waals surface area contributed by atoms with Gasteiger partial charge in [-0.05, 0) is 77.4 Å². The molecule has 0 saturated heterocycles. The summed E-state index contributed by atoms with van der Waals surface area (Å²) in [6, 6.07) is 12.1. The zero-order valence-electron chi connectivity index (χ0n) is 21.2. The molecule has 2 N–H and O–H groups in total. The average molecular weight is 493 g/mol. The second-order valence-electron chi connectivity index (χ2n) is 9.73. The third-order valence-corrected chi connectivity index (χ3v) is 6.44. The molecule has 0 aliphatic rings. The molecule has 4 aromatic rings. The Bertz CT molecular complexity index is 1380. The predicted octanol–water partition coefficient (Wildman–Crippen LogP) is 3.90. The maximum absolute atomic E-state index is 13.4. The molecule has 1 atom stereocenters. The molecule has 2 aromatic carbocycles. The van der Waals surface area contributed by atoms with Gasteiger partial charge in [0.05, 0.1) is 18.1 Å². The van der Waals surface area contributed by atoms with Crippen LogP contribution in [0.4, 0.5) is 4.39 Å². The van der Waals surface area contributed by atoms with Crippen LogP contribution in [-0.4, -0.2) is 48.3 Å². The highest BCUT2D eigenvalue weighted by atomic mass is 19.1. The SMILES string of the molecule is Cc1cc(C)c2[nH]c(=O)c(CN(CCCO)[C@@H](c3nnnn3Cc3ccc(F)cc3)C(C)C)cc2c1. The number of aliphatic hydroxyl groups excluding tert-OH is 1. The standard InChI is InChI=1S/C27H33FN6O2/c1-17(2)25(26-30-31-32-34(26)15-20-6-8-23(28)9-7-20)33(10-5-11-35)16-22-14-21-13-18(3)12-19(4)24(21)29-27(22)36/h6-9,12-14,17,25,35H,5,10-11,15-16H2,1-4H3,(H,29,36)/t25-/m1/s1. The summed E-state index contributed by atoms with van der Waals surface area (Å²) in [7, 11) is 0. The van der Waals surface area contributed by atoms with Gasteiger partial charge >= 0.3 is 0 Å². The molecule has 36 heavy (non-hydrogen) atoms. The Balaban J connectivity index is 1.70. The van der Waals surface area contributed by atoms with E-state index in [1.165, 1.54) is 12.1 Å². The Kier molecular flexibility index (Phi) is 7.91. The van der Waals surface area contributed by atoms with Gasteiger partial charge in [-0.1, -0.05) is 37.6 Å². The molecule has 0 aliphatic carbocycles. The Labute approximate surface area is 209 Å². The zero-order chi connectivity index (χ0) is 25.8. The Hall–Kier alpha value is -3.43. The van der Waals surface area contributed by atoms with E-state index in [9.17, 15) is 14.3 Å². The van der Waals surface area contributed by atoms with Gasteiger partial charge in [-0.25, -0.2) is 9.07 Å². The van der Waals surface area contributed by atoms with E-state index >= 15 is 0 Å². The fourth-order valence-electron chi connectivity index (χ4n) is 4.84. The van der Waals surface area contributed by atoms with Gasteiger partial charge in [0.15, 0.2) is 5.82 Å². The fourth-order valence-corrected chi connectivity index (χ4v) is 4.84. The predicted molar refractivity (Wildman–Crippen MR) is 137 cm³/mol. The van der Waals surface area contributed by atoms with E-state index in [1.807, 2.05) is 19.9 Å². The first-order chi connectivity index (χ1) is 17.3. The minimum absolute atomic E-state index is 0.0360. The number of hydrogen-bond acceptors (Lipinski definition) is 6. The lowest BCUT2D eigenvalue weighted by molar-refractivity contribution is 0.122. The summed E-state index contributed by atoms with van der Waals surface area (Å²) >= 11 is 0. The molecule has 2 heterocycles. The summed E-state index contributed by atoms with van der Waals surface area (Å²) in [5.74, 6) is 0.485. The number of aromatic amines is 1. The molecular weight excluding hydrogens is 459 g/mol. The van der Waals surface area contributed by atoms with Crippen molar-refractivity contribution in [2.24, 2.45) is 5.92 Å². The number of aromatic nitrogens is 5. The third-order valence-electron chi connectivity index (χ3n) is 6.44. The van der Waals surface area contributed by atoms with Crippen molar-refractivity contribution in [2.75, 3.05) is 13.2 Å². The molecule has 0 unspecified atom stereocenters. The lowest BCUT2D eigenvalue weighted by atomic mass is 9.99. The quantitative estimate of drug-likeness (QED) is 0.348. The van der Waals surface area contributed by atoms with Gasteiger partial charge in [-0.3, -0.25) is 9.69 Å². The molecule has 9 heteroatoms. The summed E-state index contributed by atoms with van der Waals surface area (Å²) in [6.45, 7) is 9.59. The maximum Gasteiger partial charge on any atom is 0.252 e. The molecule has 2 aromatic heterocycles. The first kappa shape index (κ1) is 25.7. The molecule has 0 radical (unpaired) electrons. The monoisotopic (exact) mass is 492 g/mol. The highest BCUT2D eigenvalue weighted by Crippen LogP contribution is 2.29. The van der Waals surface area contributed by atoms with Crippen molar-refractivity contribution in [1.29, 1.82) is 0 Å². The first-order valence-electron chi connectivity index (χ1n) is 12.3. The molecule has 0 bridgehead atoms. The van der Waals surface area contributed by atoms with Crippen LogP contribution in [0.1, 0.15) is 54.4 Å². The van der Waals surface area contributed by atoms with Crippen molar-refractivity contribution < 1.29 is 9.50 Å². The summed E-state index contributed by atoms with van der Waals surface area (Å²) < 4.78 is 15.1. The number of H-pyrrole nitrogens is 1. The average Bonchev–Trinajstić information content (AvgIpc) is 3.27. The zero-order valence-corrected chi connectivity index (χ0v) is 21.2. The molecular formula is C27H33FN6O2. The molecule has 0 spiro atoms. The number of nitrogens with zero attached hydrogens (tertiary/aromatic N) is 5. The first-order valence-corrected chi connectivity index (χ1v) is 12.3. The minimum atomic E-state index is -0.295. The van der Waals surface area contributed by atoms with E-state index in [0.29, 0.717) is 37.4 Å². The number of benzene rings is 2. The lowest BCUT2D eigenvalue weighted by Crippen LogP contribution is -2.36. The number of aliphatic hydroxyl groups is 1. The van der Waals surface area contributed by atoms with Gasteiger partial charge < -0.3 is 10.1 Å². The number of aryl methyl sites for hydroxylation is 2. The van der Waals surface area contributed by atoms with Crippen molar-refractivity contribution in [3.63, 3.8) is 0 Å². The molecule has 190 valence electrons. The van der Waals surface area contributed by atoms with E-state index < -0.39 is 0 Å². The van der Waals surface area contributed by atoms with Gasteiger partial charge in [-0.15, -0.1) is 5.10 Å². The smallest absolute Gasteiger partial charge is 0.252 e. The van der Waals surface area contributed by atoms with E-state index in [2.05, 4.69) is 51.4 Å². The van der Waals surface area contributed by atoms with Crippen molar-refractivity contribution in [3.05, 3.63) is 86.7 Å². The van der Waals surface area contributed by atoms with Crippen LogP contribution in [0.25, 0.3) is 10.9 Å². The van der Waals surface area contributed by atoms with Crippen LogP contribution in [-0.2, 0) is 13.1 Å². The molecule has 8 nitrogen and oxygen atoms in total. The van der Waals surface area contributed by atoms with Crippen LogP contribution in [0.2, 0.25) is 0 Å². The van der Waals surface area contributed by atoms with Gasteiger partial charge in [0.25, 0.3) is 5.56 Å². The summed E-state index contributed by atoms with van der Waals surface area (Å²) in [6.07, 6.45) is 0.548. The molecule has 0 saturated carbocycles. The second kappa shape index (κ2) is 11.1. The van der Waals surface area contributed by atoms with Crippen LogP contribution < -0.4 is 5.56 Å². The minimum Gasteiger partial charge on any atom is -0.396 e. The van der Waals surface area contributed by atoms with Crippen LogP contribution in [0.15, 0.2) is 47.3 Å². The highest BCUT2D eigenvalue weighted by Gasteiger charge is 2.29. The fraction of sp³-hybridized carbons (Fsp3) is 0.407. The van der Waals surface area contributed by atoms with E-state index in [-0.39, 0.29) is 29.9 Å². The van der Waals surface area contributed by atoms with Crippen LogP contribution in [0.3, 0.4) is 0 Å². The van der Waals surface area contributed by atoms with Gasteiger partial charge in [0.2, 0.25) is 0 Å². The maximum atomic E-state index is 13.4. The molecule has 4 rings (SSSR count). The van der Waals surface area contributed by atoms with Gasteiger partial charge in [0.1, 0.15) is 5.82 Å². The van der Waals surface area contributed by atoms with Crippen LogP contribution in [0, 0.1) is 25.6 Å². The lowest BCUT2D eigenvalue weighted by Gasteiger charge is -2.33. The number of pyridine rings is 1. The normalized spacial score (nSPS) is 12.7. The molecule has 0 aliphatic heterocycles. The topological polar surface area (TPSA) is 99.9 Å². The molecule has 0 amide bonds. The van der Waals surface area contributed by atoms with Crippen molar-refractivity contribution in [3.8, 4) is 0 Å². The van der Waals surface area contributed by atoms with Crippen LogP contribution >= 0.6 is 0 Å².